The Morgan fingerprint density at radius 3 is 2.14 bits per heavy atom. The minimum atomic E-state index is -4.17. The Morgan fingerprint density at radius 2 is 1.62 bits per heavy atom. The Labute approximate surface area is 121 Å². The predicted octanol–water partition coefficient (Wildman–Crippen LogP) is 2.68. The number of hydrogen-bond donors (Lipinski definition) is 1. The SMILES string of the molecule is O=C(O)C1CCCN(C(=O)C2CCC(C(F)(F)F)CC2)C1. The quantitative estimate of drug-likeness (QED) is 0.853. The van der Waals surface area contributed by atoms with Crippen molar-refractivity contribution >= 4 is 11.9 Å². The van der Waals surface area contributed by atoms with Gasteiger partial charge < -0.3 is 10.0 Å². The molecule has 0 spiro atoms. The molecule has 7 heteroatoms. The van der Waals surface area contributed by atoms with Gasteiger partial charge in [0.25, 0.3) is 0 Å². The average Bonchev–Trinajstić information content (AvgIpc) is 2.46. The number of carbonyl (C=O) groups excluding carboxylic acids is 1. The molecule has 2 aliphatic rings. The van der Waals surface area contributed by atoms with Gasteiger partial charge in [0.05, 0.1) is 11.8 Å². The summed E-state index contributed by atoms with van der Waals surface area (Å²) in [5, 5.41) is 9.01. The molecule has 1 saturated heterocycles. The van der Waals surface area contributed by atoms with E-state index in [1.807, 2.05) is 0 Å². The van der Waals surface area contributed by atoms with Crippen LogP contribution in [0.25, 0.3) is 0 Å². The van der Waals surface area contributed by atoms with Crippen molar-refractivity contribution in [3.05, 3.63) is 0 Å². The lowest BCUT2D eigenvalue weighted by atomic mass is 9.80. The van der Waals surface area contributed by atoms with Crippen LogP contribution in [-0.2, 0) is 9.59 Å². The van der Waals surface area contributed by atoms with Gasteiger partial charge in [0.1, 0.15) is 0 Å². The minimum absolute atomic E-state index is 0.00386. The van der Waals surface area contributed by atoms with E-state index >= 15 is 0 Å². The lowest BCUT2D eigenvalue weighted by Crippen LogP contribution is -2.45. The number of aliphatic carboxylic acids is 1. The van der Waals surface area contributed by atoms with E-state index in [0.717, 1.165) is 0 Å². The smallest absolute Gasteiger partial charge is 0.391 e. The molecule has 0 aromatic carbocycles. The van der Waals surface area contributed by atoms with Gasteiger partial charge in [-0.2, -0.15) is 13.2 Å². The van der Waals surface area contributed by atoms with E-state index in [9.17, 15) is 22.8 Å². The van der Waals surface area contributed by atoms with Gasteiger partial charge in [0.2, 0.25) is 5.91 Å². The fraction of sp³-hybridized carbons (Fsp3) is 0.857. The molecule has 4 nitrogen and oxygen atoms in total. The van der Waals surface area contributed by atoms with Gasteiger partial charge in [0, 0.05) is 19.0 Å². The highest BCUT2D eigenvalue weighted by molar-refractivity contribution is 5.80. The summed E-state index contributed by atoms with van der Waals surface area (Å²) in [6, 6.07) is 0. The molecule has 1 atom stereocenters. The molecule has 1 N–H and O–H groups in total. The topological polar surface area (TPSA) is 57.6 Å². The fourth-order valence-corrected chi connectivity index (χ4v) is 3.30. The number of hydrogen-bond acceptors (Lipinski definition) is 2. The normalized spacial score (nSPS) is 31.0. The predicted molar refractivity (Wildman–Crippen MR) is 68.4 cm³/mol. The van der Waals surface area contributed by atoms with E-state index in [0.29, 0.717) is 19.4 Å². The first-order valence-electron chi connectivity index (χ1n) is 7.37. The summed E-state index contributed by atoms with van der Waals surface area (Å²) in [5.41, 5.74) is 0. The lowest BCUT2D eigenvalue weighted by Gasteiger charge is -2.36. The maximum absolute atomic E-state index is 12.6. The first-order chi connectivity index (χ1) is 9.79. The maximum Gasteiger partial charge on any atom is 0.391 e. The monoisotopic (exact) mass is 307 g/mol. The molecule has 1 aliphatic carbocycles. The minimum Gasteiger partial charge on any atom is -0.481 e. The molecule has 0 aromatic heterocycles. The van der Waals surface area contributed by atoms with Gasteiger partial charge >= 0.3 is 12.1 Å². The Balaban J connectivity index is 1.88. The number of halogens is 3. The van der Waals surface area contributed by atoms with Crippen molar-refractivity contribution in [2.45, 2.75) is 44.7 Å². The highest BCUT2D eigenvalue weighted by Crippen LogP contribution is 2.40. The molecular weight excluding hydrogens is 287 g/mol. The van der Waals surface area contributed by atoms with E-state index in [2.05, 4.69) is 0 Å². The molecule has 21 heavy (non-hydrogen) atoms. The second kappa shape index (κ2) is 6.23. The summed E-state index contributed by atoms with van der Waals surface area (Å²) in [7, 11) is 0. The van der Waals surface area contributed by atoms with Crippen molar-refractivity contribution in [3.8, 4) is 0 Å². The second-order valence-electron chi connectivity index (χ2n) is 6.05. The van der Waals surface area contributed by atoms with Crippen LogP contribution in [0.5, 0.6) is 0 Å². The fourth-order valence-electron chi connectivity index (χ4n) is 3.30. The maximum atomic E-state index is 12.6. The molecule has 0 bridgehead atoms. The van der Waals surface area contributed by atoms with Crippen LogP contribution in [0.2, 0.25) is 0 Å². The molecule has 1 amide bonds. The summed E-state index contributed by atoms with van der Waals surface area (Å²) >= 11 is 0. The molecule has 0 radical (unpaired) electrons. The van der Waals surface area contributed by atoms with Gasteiger partial charge in [-0.1, -0.05) is 0 Å². The van der Waals surface area contributed by atoms with E-state index in [4.69, 9.17) is 5.11 Å². The highest BCUT2D eigenvalue weighted by atomic mass is 19.4. The zero-order valence-corrected chi connectivity index (χ0v) is 11.7. The largest absolute Gasteiger partial charge is 0.481 e. The van der Waals surface area contributed by atoms with Crippen molar-refractivity contribution in [2.75, 3.05) is 13.1 Å². The van der Waals surface area contributed by atoms with E-state index in [1.54, 1.807) is 0 Å². The van der Waals surface area contributed by atoms with Crippen molar-refractivity contribution in [1.29, 1.82) is 0 Å². The van der Waals surface area contributed by atoms with Crippen LogP contribution in [-0.4, -0.2) is 41.1 Å². The van der Waals surface area contributed by atoms with Crippen LogP contribution in [0.3, 0.4) is 0 Å². The lowest BCUT2D eigenvalue weighted by molar-refractivity contribution is -0.185. The average molecular weight is 307 g/mol. The van der Waals surface area contributed by atoms with Crippen molar-refractivity contribution < 1.29 is 27.9 Å². The third kappa shape index (κ3) is 3.89. The van der Waals surface area contributed by atoms with Crippen LogP contribution in [0.1, 0.15) is 38.5 Å². The first-order valence-corrected chi connectivity index (χ1v) is 7.37. The standard InChI is InChI=1S/C14H20F3NO3/c15-14(16,17)11-5-3-9(4-6-11)12(19)18-7-1-2-10(8-18)13(20)21/h9-11H,1-8H2,(H,20,21). The summed E-state index contributed by atoms with van der Waals surface area (Å²) in [6.45, 7) is 0.704. The zero-order chi connectivity index (χ0) is 15.6. The van der Waals surface area contributed by atoms with Crippen molar-refractivity contribution in [1.82, 2.24) is 4.90 Å². The number of carbonyl (C=O) groups is 2. The number of alkyl halides is 3. The number of nitrogens with zero attached hydrogens (tertiary/aromatic N) is 1. The summed E-state index contributed by atoms with van der Waals surface area (Å²) in [6.07, 6.45) is -2.49. The van der Waals surface area contributed by atoms with Crippen LogP contribution < -0.4 is 0 Å². The molecule has 120 valence electrons. The second-order valence-corrected chi connectivity index (χ2v) is 6.05. The number of rotatable bonds is 2. The van der Waals surface area contributed by atoms with Gasteiger partial charge in [-0.3, -0.25) is 9.59 Å². The van der Waals surface area contributed by atoms with E-state index in [-0.39, 0.29) is 44.1 Å². The van der Waals surface area contributed by atoms with E-state index in [1.165, 1.54) is 4.90 Å². The first kappa shape index (κ1) is 16.1. The zero-order valence-electron chi connectivity index (χ0n) is 11.7. The number of likely N-dealkylation sites (tertiary alicyclic amines) is 1. The van der Waals surface area contributed by atoms with Crippen LogP contribution >= 0.6 is 0 Å². The summed E-state index contributed by atoms with van der Waals surface area (Å²) < 4.78 is 37.8. The van der Waals surface area contributed by atoms with Crippen molar-refractivity contribution in [3.63, 3.8) is 0 Å². The Morgan fingerprint density at radius 1 is 1.00 bits per heavy atom. The molecule has 0 aromatic rings. The molecule has 1 saturated carbocycles. The molecule has 2 rings (SSSR count). The third-order valence-electron chi connectivity index (χ3n) is 4.62. The molecule has 1 heterocycles. The van der Waals surface area contributed by atoms with E-state index < -0.39 is 24.0 Å². The Bertz CT molecular complexity index is 403. The number of carboxylic acids is 1. The molecule has 1 unspecified atom stereocenters. The van der Waals surface area contributed by atoms with Crippen LogP contribution in [0.15, 0.2) is 0 Å². The molecule has 2 fully saturated rings. The molecular formula is C14H20F3NO3. The molecule has 1 aliphatic heterocycles. The third-order valence-corrected chi connectivity index (χ3v) is 4.62. The number of carboxylic acid groups (broad SMARTS) is 1. The summed E-state index contributed by atoms with van der Waals surface area (Å²) in [4.78, 5) is 24.8. The number of amides is 1. The highest BCUT2D eigenvalue weighted by Gasteiger charge is 2.43. The van der Waals surface area contributed by atoms with Crippen LogP contribution in [0, 0.1) is 17.8 Å². The van der Waals surface area contributed by atoms with Gasteiger partial charge in [-0.15, -0.1) is 0 Å². The Hall–Kier alpha value is -1.27. The number of piperidine rings is 1. The van der Waals surface area contributed by atoms with Crippen molar-refractivity contribution in [2.24, 2.45) is 17.8 Å². The Kier molecular flexibility index (Phi) is 4.78. The van der Waals surface area contributed by atoms with Gasteiger partial charge in [-0.05, 0) is 38.5 Å². The van der Waals surface area contributed by atoms with Gasteiger partial charge in [0.15, 0.2) is 0 Å². The summed E-state index contributed by atoms with van der Waals surface area (Å²) in [5.74, 6) is -3.30. The van der Waals surface area contributed by atoms with Crippen LogP contribution in [0.4, 0.5) is 13.2 Å². The van der Waals surface area contributed by atoms with Gasteiger partial charge in [-0.25, -0.2) is 0 Å².